The first-order valence-corrected chi connectivity index (χ1v) is 8.55. The summed E-state index contributed by atoms with van der Waals surface area (Å²) < 4.78 is 25.8. The molecule has 0 bridgehead atoms. The van der Waals surface area contributed by atoms with Crippen LogP contribution in [0.15, 0.2) is 54.6 Å². The number of carbonyl (C=O) groups excluding carboxylic acids is 1. The molecule has 1 aliphatic heterocycles. The van der Waals surface area contributed by atoms with Gasteiger partial charge >= 0.3 is 6.43 Å². The molecular weight excluding hydrogens is 322 g/mol. The maximum atomic E-state index is 12.9. The van der Waals surface area contributed by atoms with E-state index in [1.165, 1.54) is 4.90 Å². The number of carbonyl (C=O) groups is 1. The van der Waals surface area contributed by atoms with Crippen LogP contribution in [0.3, 0.4) is 0 Å². The van der Waals surface area contributed by atoms with Crippen molar-refractivity contribution in [1.29, 1.82) is 0 Å². The van der Waals surface area contributed by atoms with E-state index in [-0.39, 0.29) is 12.1 Å². The number of hydrogen-bond donors (Lipinski definition) is 1. The van der Waals surface area contributed by atoms with Crippen LogP contribution in [0.1, 0.15) is 18.4 Å². The summed E-state index contributed by atoms with van der Waals surface area (Å²) in [5.74, 6) is -1.11. The van der Waals surface area contributed by atoms with Crippen LogP contribution in [-0.4, -0.2) is 35.9 Å². The molecular formula is C20H22F2N2O. The van der Waals surface area contributed by atoms with Crippen molar-refractivity contribution in [1.82, 2.24) is 4.90 Å². The largest absolute Gasteiger partial charge is 0.333 e. The zero-order chi connectivity index (χ0) is 17.8. The van der Waals surface area contributed by atoms with E-state index in [1.54, 1.807) is 0 Å². The number of alkyl halides is 2. The highest BCUT2D eigenvalue weighted by Gasteiger charge is 2.35. The summed E-state index contributed by atoms with van der Waals surface area (Å²) in [6.07, 6.45) is -1.08. The molecule has 1 amide bonds. The molecule has 1 heterocycles. The lowest BCUT2D eigenvalue weighted by molar-refractivity contribution is -0.147. The molecule has 5 heteroatoms. The topological polar surface area (TPSA) is 46.3 Å². The lowest BCUT2D eigenvalue weighted by atomic mass is 9.90. The number of nitrogens with zero attached hydrogens (tertiary/aromatic N) is 1. The van der Waals surface area contributed by atoms with Crippen LogP contribution in [-0.2, 0) is 11.2 Å². The smallest absolute Gasteiger partial charge is 0.315 e. The van der Waals surface area contributed by atoms with Crippen LogP contribution in [0.4, 0.5) is 8.78 Å². The Labute approximate surface area is 146 Å². The monoisotopic (exact) mass is 344 g/mol. The third-order valence-electron chi connectivity index (χ3n) is 4.78. The van der Waals surface area contributed by atoms with Crippen LogP contribution in [0.25, 0.3) is 11.1 Å². The first-order chi connectivity index (χ1) is 12.1. The highest BCUT2D eigenvalue weighted by atomic mass is 19.3. The SMILES string of the molecule is NC1CCCN(C(=O)C(F)F)C1Cc1cccc(-c2ccccc2)c1. The van der Waals surface area contributed by atoms with Gasteiger partial charge in [-0.3, -0.25) is 4.79 Å². The highest BCUT2D eigenvalue weighted by Crippen LogP contribution is 2.25. The normalized spacial score (nSPS) is 20.7. The van der Waals surface area contributed by atoms with Gasteiger partial charge in [0.05, 0.1) is 6.04 Å². The first kappa shape index (κ1) is 17.5. The highest BCUT2D eigenvalue weighted by molar-refractivity contribution is 5.80. The van der Waals surface area contributed by atoms with Gasteiger partial charge in [-0.15, -0.1) is 0 Å². The van der Waals surface area contributed by atoms with Crippen LogP contribution in [0.2, 0.25) is 0 Å². The Kier molecular flexibility index (Phi) is 5.43. The van der Waals surface area contributed by atoms with E-state index in [4.69, 9.17) is 5.73 Å². The Bertz CT molecular complexity index is 721. The number of rotatable bonds is 4. The summed E-state index contributed by atoms with van der Waals surface area (Å²) in [5.41, 5.74) is 9.32. The molecule has 0 saturated carbocycles. The summed E-state index contributed by atoms with van der Waals surface area (Å²) in [5, 5.41) is 0. The van der Waals surface area contributed by atoms with Crippen LogP contribution in [0, 0.1) is 0 Å². The lowest BCUT2D eigenvalue weighted by Gasteiger charge is -2.39. The molecule has 0 radical (unpaired) electrons. The van der Waals surface area contributed by atoms with Crippen molar-refractivity contribution < 1.29 is 13.6 Å². The van der Waals surface area contributed by atoms with Gasteiger partial charge in [0, 0.05) is 12.6 Å². The van der Waals surface area contributed by atoms with Crippen molar-refractivity contribution in [2.24, 2.45) is 5.73 Å². The van der Waals surface area contributed by atoms with Gasteiger partial charge in [0.1, 0.15) is 0 Å². The van der Waals surface area contributed by atoms with Crippen molar-refractivity contribution in [2.45, 2.75) is 37.8 Å². The number of benzene rings is 2. The molecule has 132 valence electrons. The van der Waals surface area contributed by atoms with Crippen molar-refractivity contribution in [2.75, 3.05) is 6.54 Å². The minimum absolute atomic E-state index is 0.281. The van der Waals surface area contributed by atoms with Gasteiger partial charge < -0.3 is 10.6 Å². The predicted molar refractivity (Wildman–Crippen MR) is 94.3 cm³/mol. The van der Waals surface area contributed by atoms with Gasteiger partial charge in [-0.1, -0.05) is 54.6 Å². The van der Waals surface area contributed by atoms with Crippen LogP contribution >= 0.6 is 0 Å². The number of nitrogens with two attached hydrogens (primary N) is 1. The minimum Gasteiger partial charge on any atom is -0.333 e. The number of hydrogen-bond acceptors (Lipinski definition) is 2. The van der Waals surface area contributed by atoms with Crippen molar-refractivity contribution >= 4 is 5.91 Å². The second-order valence-corrected chi connectivity index (χ2v) is 6.48. The Morgan fingerprint density at radius 3 is 2.56 bits per heavy atom. The molecule has 0 aromatic heterocycles. The maximum Gasteiger partial charge on any atom is 0.315 e. The third-order valence-corrected chi connectivity index (χ3v) is 4.78. The molecule has 25 heavy (non-hydrogen) atoms. The molecule has 3 rings (SSSR count). The molecule has 3 nitrogen and oxygen atoms in total. The zero-order valence-corrected chi connectivity index (χ0v) is 13.9. The number of amides is 1. The summed E-state index contributed by atoms with van der Waals surface area (Å²) in [6, 6.07) is 17.3. The van der Waals surface area contributed by atoms with E-state index < -0.39 is 12.3 Å². The van der Waals surface area contributed by atoms with E-state index in [0.717, 1.165) is 23.1 Å². The molecule has 2 unspecified atom stereocenters. The Balaban J connectivity index is 1.83. The molecule has 1 aliphatic rings. The van der Waals surface area contributed by atoms with Gasteiger partial charge in [-0.2, -0.15) is 8.78 Å². The fraction of sp³-hybridized carbons (Fsp3) is 0.350. The first-order valence-electron chi connectivity index (χ1n) is 8.55. The molecule has 2 N–H and O–H groups in total. The van der Waals surface area contributed by atoms with E-state index in [0.29, 0.717) is 19.4 Å². The molecule has 0 spiro atoms. The van der Waals surface area contributed by atoms with E-state index in [9.17, 15) is 13.6 Å². The second kappa shape index (κ2) is 7.74. The summed E-state index contributed by atoms with van der Waals surface area (Å²) in [6.45, 7) is 0.347. The number of halogens is 2. The van der Waals surface area contributed by atoms with Gasteiger partial charge in [0.2, 0.25) is 0 Å². The quantitative estimate of drug-likeness (QED) is 0.923. The van der Waals surface area contributed by atoms with Crippen molar-refractivity contribution in [3.05, 3.63) is 60.2 Å². The third kappa shape index (κ3) is 4.04. The average Bonchev–Trinajstić information content (AvgIpc) is 2.64. The Hall–Kier alpha value is -2.27. The fourth-order valence-electron chi connectivity index (χ4n) is 3.50. The summed E-state index contributed by atoms with van der Waals surface area (Å²) >= 11 is 0. The minimum atomic E-state index is -2.98. The van der Waals surface area contributed by atoms with E-state index in [1.807, 2.05) is 54.6 Å². The molecule has 1 saturated heterocycles. The Morgan fingerprint density at radius 2 is 1.84 bits per heavy atom. The molecule has 2 aromatic carbocycles. The standard InChI is InChI=1S/C20H22F2N2O/c21-19(22)20(25)24-11-5-10-17(23)18(24)13-14-6-4-9-16(12-14)15-7-2-1-3-8-15/h1-4,6-9,12,17-19H,5,10-11,13,23H2. The number of likely N-dealkylation sites (tertiary alicyclic amines) is 1. The van der Waals surface area contributed by atoms with Crippen molar-refractivity contribution in [3.63, 3.8) is 0 Å². The van der Waals surface area contributed by atoms with Gasteiger partial charge in [0.15, 0.2) is 0 Å². The van der Waals surface area contributed by atoms with Crippen LogP contribution in [0.5, 0.6) is 0 Å². The lowest BCUT2D eigenvalue weighted by Crippen LogP contribution is -2.56. The average molecular weight is 344 g/mol. The molecule has 2 atom stereocenters. The summed E-state index contributed by atoms with van der Waals surface area (Å²) in [7, 11) is 0. The van der Waals surface area contributed by atoms with Crippen molar-refractivity contribution in [3.8, 4) is 11.1 Å². The molecule has 1 fully saturated rings. The fourth-order valence-corrected chi connectivity index (χ4v) is 3.50. The van der Waals surface area contributed by atoms with Gasteiger partial charge in [-0.05, 0) is 36.0 Å². The molecule has 0 aliphatic carbocycles. The second-order valence-electron chi connectivity index (χ2n) is 6.48. The summed E-state index contributed by atoms with van der Waals surface area (Å²) in [4.78, 5) is 13.1. The van der Waals surface area contributed by atoms with Gasteiger partial charge in [0.25, 0.3) is 5.91 Å². The number of piperidine rings is 1. The zero-order valence-electron chi connectivity index (χ0n) is 13.9. The Morgan fingerprint density at radius 1 is 1.12 bits per heavy atom. The van der Waals surface area contributed by atoms with E-state index in [2.05, 4.69) is 0 Å². The maximum absolute atomic E-state index is 12.9. The molecule has 2 aromatic rings. The van der Waals surface area contributed by atoms with E-state index >= 15 is 0 Å². The predicted octanol–water partition coefficient (Wildman–Crippen LogP) is 3.48. The van der Waals surface area contributed by atoms with Crippen LogP contribution < -0.4 is 5.73 Å². The van der Waals surface area contributed by atoms with Gasteiger partial charge in [-0.25, -0.2) is 0 Å².